The largest absolute Gasteiger partial charge is 0.481 e. The van der Waals surface area contributed by atoms with E-state index in [-0.39, 0.29) is 0 Å². The molecular weight excluding hydrogens is 214 g/mol. The number of hydrogen-bond acceptors (Lipinski definition) is 4. The first-order valence-corrected chi connectivity index (χ1v) is 6.30. The van der Waals surface area contributed by atoms with Gasteiger partial charge >= 0.3 is 0 Å². The van der Waals surface area contributed by atoms with Crippen LogP contribution >= 0.6 is 0 Å². The lowest BCUT2D eigenvalue weighted by Gasteiger charge is -2.24. The number of nitrogens with one attached hydrogen (secondary N) is 1. The van der Waals surface area contributed by atoms with E-state index >= 15 is 0 Å². The van der Waals surface area contributed by atoms with Crippen LogP contribution < -0.4 is 15.8 Å². The van der Waals surface area contributed by atoms with E-state index in [0.29, 0.717) is 24.4 Å². The molecule has 1 aliphatic rings. The first-order valence-electron chi connectivity index (χ1n) is 6.30. The Morgan fingerprint density at radius 3 is 2.94 bits per heavy atom. The van der Waals surface area contributed by atoms with Crippen molar-refractivity contribution in [2.24, 2.45) is 11.7 Å². The third-order valence-corrected chi connectivity index (χ3v) is 3.52. The quantitative estimate of drug-likeness (QED) is 0.819. The Hall–Kier alpha value is -1.29. The molecule has 1 aromatic rings. The minimum absolute atomic E-state index is 0.365. The Labute approximate surface area is 103 Å². The lowest BCUT2D eigenvalue weighted by atomic mass is 9.98. The molecule has 17 heavy (non-hydrogen) atoms. The second-order valence-corrected chi connectivity index (χ2v) is 4.62. The molecule has 1 atom stereocenters. The van der Waals surface area contributed by atoms with Gasteiger partial charge in [-0.25, -0.2) is 4.98 Å². The summed E-state index contributed by atoms with van der Waals surface area (Å²) in [6, 6.07) is 4.24. The maximum atomic E-state index is 5.86. The van der Waals surface area contributed by atoms with Gasteiger partial charge in [-0.1, -0.05) is 12.8 Å². The first-order chi connectivity index (χ1) is 8.33. The predicted octanol–water partition coefficient (Wildman–Crippen LogP) is 2.02. The molecule has 0 bridgehead atoms. The highest BCUT2D eigenvalue weighted by Gasteiger charge is 2.23. The number of rotatable bonds is 5. The molecule has 0 radical (unpaired) electrons. The Kier molecular flexibility index (Phi) is 4.20. The predicted molar refractivity (Wildman–Crippen MR) is 69.2 cm³/mol. The van der Waals surface area contributed by atoms with E-state index in [4.69, 9.17) is 10.5 Å². The SMILES string of the molecule is COc1cc(NC(CN)C2CCCC2)ccn1. The van der Waals surface area contributed by atoms with Crippen molar-refractivity contribution in [3.63, 3.8) is 0 Å². The zero-order valence-corrected chi connectivity index (χ0v) is 10.4. The van der Waals surface area contributed by atoms with Crippen molar-refractivity contribution in [2.75, 3.05) is 19.0 Å². The standard InChI is InChI=1S/C13H21N3O/c1-17-13-8-11(6-7-15-13)16-12(9-14)10-4-2-3-5-10/h6-8,10,12H,2-5,9,14H2,1H3,(H,15,16). The van der Waals surface area contributed by atoms with Gasteiger partial charge in [-0.05, 0) is 24.8 Å². The van der Waals surface area contributed by atoms with Crippen molar-refractivity contribution in [1.29, 1.82) is 0 Å². The normalized spacial score (nSPS) is 18.0. The molecule has 1 heterocycles. The molecule has 0 aliphatic heterocycles. The van der Waals surface area contributed by atoms with Crippen LogP contribution in [0.25, 0.3) is 0 Å². The highest BCUT2D eigenvalue weighted by atomic mass is 16.5. The summed E-state index contributed by atoms with van der Waals surface area (Å²) in [5.41, 5.74) is 6.90. The molecular formula is C13H21N3O. The molecule has 1 unspecified atom stereocenters. The number of aromatic nitrogens is 1. The lowest BCUT2D eigenvalue weighted by Crippen LogP contribution is -2.35. The topological polar surface area (TPSA) is 60.2 Å². The Balaban J connectivity index is 2.01. The summed E-state index contributed by atoms with van der Waals surface area (Å²) in [6.07, 6.45) is 7.00. The van der Waals surface area contributed by atoms with E-state index in [1.165, 1.54) is 25.7 Å². The smallest absolute Gasteiger partial charge is 0.214 e. The van der Waals surface area contributed by atoms with Crippen molar-refractivity contribution >= 4 is 5.69 Å². The van der Waals surface area contributed by atoms with Crippen molar-refractivity contribution < 1.29 is 4.74 Å². The molecule has 3 N–H and O–H groups in total. The minimum atomic E-state index is 0.365. The summed E-state index contributed by atoms with van der Waals surface area (Å²) in [7, 11) is 1.63. The summed E-state index contributed by atoms with van der Waals surface area (Å²) in [6.45, 7) is 0.676. The fourth-order valence-corrected chi connectivity index (χ4v) is 2.55. The molecule has 1 aliphatic carbocycles. The van der Waals surface area contributed by atoms with Gasteiger partial charge in [0.1, 0.15) is 0 Å². The summed E-state index contributed by atoms with van der Waals surface area (Å²) in [5.74, 6) is 1.34. The van der Waals surface area contributed by atoms with Crippen LogP contribution in [-0.2, 0) is 0 Å². The highest BCUT2D eigenvalue weighted by molar-refractivity contribution is 5.46. The van der Waals surface area contributed by atoms with Gasteiger partial charge in [0.25, 0.3) is 0 Å². The van der Waals surface area contributed by atoms with E-state index in [0.717, 1.165) is 5.69 Å². The number of nitrogens with two attached hydrogens (primary N) is 1. The van der Waals surface area contributed by atoms with Crippen LogP contribution in [0, 0.1) is 5.92 Å². The lowest BCUT2D eigenvalue weighted by molar-refractivity contribution is 0.398. The molecule has 1 fully saturated rings. The van der Waals surface area contributed by atoms with Gasteiger partial charge < -0.3 is 15.8 Å². The van der Waals surface area contributed by atoms with Crippen LogP contribution in [0.1, 0.15) is 25.7 Å². The van der Waals surface area contributed by atoms with Gasteiger partial charge in [-0.3, -0.25) is 0 Å². The summed E-state index contributed by atoms with van der Waals surface area (Å²) < 4.78 is 5.11. The number of ether oxygens (including phenoxy) is 1. The van der Waals surface area contributed by atoms with Crippen LogP contribution in [0.4, 0.5) is 5.69 Å². The Morgan fingerprint density at radius 2 is 2.29 bits per heavy atom. The van der Waals surface area contributed by atoms with E-state index in [1.54, 1.807) is 13.3 Å². The van der Waals surface area contributed by atoms with Crippen molar-refractivity contribution in [3.05, 3.63) is 18.3 Å². The highest BCUT2D eigenvalue weighted by Crippen LogP contribution is 2.29. The molecule has 4 nitrogen and oxygen atoms in total. The fraction of sp³-hybridized carbons (Fsp3) is 0.615. The molecule has 0 aromatic carbocycles. The molecule has 2 rings (SSSR count). The maximum absolute atomic E-state index is 5.86. The average Bonchev–Trinajstić information content (AvgIpc) is 2.90. The van der Waals surface area contributed by atoms with Crippen LogP contribution in [-0.4, -0.2) is 24.7 Å². The maximum Gasteiger partial charge on any atom is 0.214 e. The zero-order valence-electron chi connectivity index (χ0n) is 10.4. The van der Waals surface area contributed by atoms with Crippen molar-refractivity contribution in [2.45, 2.75) is 31.7 Å². The summed E-state index contributed by atoms with van der Waals surface area (Å²) in [5, 5.41) is 3.50. The zero-order chi connectivity index (χ0) is 12.1. The molecule has 1 aromatic heterocycles. The summed E-state index contributed by atoms with van der Waals surface area (Å²) >= 11 is 0. The number of anilines is 1. The van der Waals surface area contributed by atoms with Crippen molar-refractivity contribution in [1.82, 2.24) is 4.98 Å². The van der Waals surface area contributed by atoms with Crippen molar-refractivity contribution in [3.8, 4) is 5.88 Å². The van der Waals surface area contributed by atoms with Crippen LogP contribution in [0.2, 0.25) is 0 Å². The van der Waals surface area contributed by atoms with E-state index in [9.17, 15) is 0 Å². The van der Waals surface area contributed by atoms with Crippen LogP contribution in [0.3, 0.4) is 0 Å². The van der Waals surface area contributed by atoms with Gasteiger partial charge in [0, 0.05) is 30.5 Å². The van der Waals surface area contributed by atoms with E-state index in [2.05, 4.69) is 10.3 Å². The molecule has 4 heteroatoms. The van der Waals surface area contributed by atoms with Gasteiger partial charge in [-0.15, -0.1) is 0 Å². The van der Waals surface area contributed by atoms with Crippen LogP contribution in [0.5, 0.6) is 5.88 Å². The summed E-state index contributed by atoms with van der Waals surface area (Å²) in [4.78, 5) is 4.10. The number of pyridine rings is 1. The second-order valence-electron chi connectivity index (χ2n) is 4.62. The van der Waals surface area contributed by atoms with Gasteiger partial charge in [-0.2, -0.15) is 0 Å². The first kappa shape index (κ1) is 12.2. The van der Waals surface area contributed by atoms with E-state index in [1.807, 2.05) is 12.1 Å². The minimum Gasteiger partial charge on any atom is -0.481 e. The molecule has 0 saturated heterocycles. The average molecular weight is 235 g/mol. The van der Waals surface area contributed by atoms with Gasteiger partial charge in [0.05, 0.1) is 7.11 Å². The third kappa shape index (κ3) is 3.09. The second kappa shape index (κ2) is 5.87. The third-order valence-electron chi connectivity index (χ3n) is 3.52. The number of methoxy groups -OCH3 is 1. The molecule has 1 saturated carbocycles. The number of hydrogen-bond donors (Lipinski definition) is 2. The molecule has 94 valence electrons. The number of nitrogens with zero attached hydrogens (tertiary/aromatic N) is 1. The molecule has 0 spiro atoms. The van der Waals surface area contributed by atoms with Crippen LogP contribution in [0.15, 0.2) is 18.3 Å². The van der Waals surface area contributed by atoms with E-state index < -0.39 is 0 Å². The molecule has 0 amide bonds. The monoisotopic (exact) mass is 235 g/mol. The fourth-order valence-electron chi connectivity index (χ4n) is 2.55. The van der Waals surface area contributed by atoms with Gasteiger partial charge in [0.2, 0.25) is 5.88 Å². The Bertz CT molecular complexity index is 350. The Morgan fingerprint density at radius 1 is 1.53 bits per heavy atom. The van der Waals surface area contributed by atoms with Gasteiger partial charge in [0.15, 0.2) is 0 Å².